The average Bonchev–Trinajstić information content (AvgIpc) is 2.87. The van der Waals surface area contributed by atoms with E-state index in [9.17, 15) is 4.79 Å². The van der Waals surface area contributed by atoms with Crippen LogP contribution in [0.4, 0.5) is 5.69 Å². The van der Waals surface area contributed by atoms with Crippen molar-refractivity contribution in [3.8, 4) is 0 Å². The van der Waals surface area contributed by atoms with Crippen molar-refractivity contribution in [2.45, 2.75) is 26.4 Å². The highest BCUT2D eigenvalue weighted by Gasteiger charge is 2.09. The van der Waals surface area contributed by atoms with Crippen LogP contribution in [0, 0.1) is 0 Å². The maximum Gasteiger partial charge on any atom is 0.255 e. The summed E-state index contributed by atoms with van der Waals surface area (Å²) in [6, 6.07) is 3.60. The number of nitrogens with zero attached hydrogens (tertiary/aromatic N) is 3. The molecule has 100 valence electrons. The van der Waals surface area contributed by atoms with E-state index in [2.05, 4.69) is 15.4 Å². The van der Waals surface area contributed by atoms with E-state index in [4.69, 9.17) is 5.73 Å². The molecular formula is C13H17N5O. The summed E-state index contributed by atoms with van der Waals surface area (Å²) in [5, 5.41) is 6.96. The molecule has 6 heteroatoms. The highest BCUT2D eigenvalue weighted by atomic mass is 16.1. The van der Waals surface area contributed by atoms with Gasteiger partial charge in [-0.05, 0) is 26.0 Å². The molecule has 2 aromatic rings. The molecule has 0 bridgehead atoms. The number of amides is 1. The smallest absolute Gasteiger partial charge is 0.255 e. The molecule has 0 radical (unpaired) electrons. The summed E-state index contributed by atoms with van der Waals surface area (Å²) in [5.74, 6) is -0.194. The minimum atomic E-state index is -0.194. The second-order valence-corrected chi connectivity index (χ2v) is 4.50. The highest BCUT2D eigenvalue weighted by Crippen LogP contribution is 2.11. The number of pyridine rings is 1. The predicted octanol–water partition coefficient (Wildman–Crippen LogP) is 1.57. The molecule has 0 fully saturated rings. The molecule has 1 amide bonds. The van der Waals surface area contributed by atoms with Crippen LogP contribution in [-0.4, -0.2) is 20.7 Å². The van der Waals surface area contributed by atoms with Crippen LogP contribution in [0.1, 0.15) is 35.9 Å². The maximum atomic E-state index is 12.0. The van der Waals surface area contributed by atoms with Gasteiger partial charge >= 0.3 is 0 Å². The molecule has 0 atom stereocenters. The minimum absolute atomic E-state index is 0.194. The van der Waals surface area contributed by atoms with E-state index in [1.165, 1.54) is 0 Å². The van der Waals surface area contributed by atoms with Crippen LogP contribution in [0.25, 0.3) is 0 Å². The number of hydrogen-bond acceptors (Lipinski definition) is 4. The van der Waals surface area contributed by atoms with Crippen LogP contribution in [0.2, 0.25) is 0 Å². The van der Waals surface area contributed by atoms with Gasteiger partial charge in [-0.1, -0.05) is 0 Å². The third-order valence-electron chi connectivity index (χ3n) is 2.68. The number of hydrogen-bond donors (Lipinski definition) is 2. The van der Waals surface area contributed by atoms with Crippen molar-refractivity contribution < 1.29 is 4.79 Å². The lowest BCUT2D eigenvalue weighted by molar-refractivity contribution is 0.102. The molecule has 2 heterocycles. The summed E-state index contributed by atoms with van der Waals surface area (Å²) in [6.45, 7) is 4.36. The molecule has 0 aliphatic heterocycles. The monoisotopic (exact) mass is 259 g/mol. The number of anilines is 1. The van der Waals surface area contributed by atoms with Crippen molar-refractivity contribution >= 4 is 11.6 Å². The van der Waals surface area contributed by atoms with Crippen molar-refractivity contribution in [1.29, 1.82) is 0 Å². The van der Waals surface area contributed by atoms with Crippen molar-refractivity contribution in [3.05, 3.63) is 42.0 Å². The number of aromatic nitrogens is 3. The Bertz CT molecular complexity index is 576. The number of carbonyl (C=O) groups is 1. The predicted molar refractivity (Wildman–Crippen MR) is 72.7 cm³/mol. The van der Waals surface area contributed by atoms with Gasteiger partial charge in [0, 0.05) is 30.5 Å². The van der Waals surface area contributed by atoms with Gasteiger partial charge in [-0.3, -0.25) is 14.5 Å². The van der Waals surface area contributed by atoms with Gasteiger partial charge in [-0.25, -0.2) is 0 Å². The van der Waals surface area contributed by atoms with E-state index in [0.717, 1.165) is 0 Å². The molecule has 0 saturated heterocycles. The van der Waals surface area contributed by atoms with Gasteiger partial charge < -0.3 is 11.1 Å². The van der Waals surface area contributed by atoms with Gasteiger partial charge in [0.05, 0.1) is 17.6 Å². The van der Waals surface area contributed by atoms with Crippen molar-refractivity contribution in [3.63, 3.8) is 0 Å². The fourth-order valence-electron chi connectivity index (χ4n) is 1.62. The second-order valence-electron chi connectivity index (χ2n) is 4.50. The van der Waals surface area contributed by atoms with Gasteiger partial charge in [-0.2, -0.15) is 5.10 Å². The first kappa shape index (κ1) is 13.2. The molecular weight excluding hydrogens is 242 g/mol. The fourth-order valence-corrected chi connectivity index (χ4v) is 1.62. The molecule has 3 N–H and O–H groups in total. The molecule has 0 aliphatic carbocycles. The van der Waals surface area contributed by atoms with Crippen molar-refractivity contribution in [1.82, 2.24) is 14.8 Å². The molecule has 0 aromatic carbocycles. The van der Waals surface area contributed by atoms with Crippen molar-refractivity contribution in [2.75, 3.05) is 5.32 Å². The van der Waals surface area contributed by atoms with Crippen LogP contribution < -0.4 is 11.1 Å². The Labute approximate surface area is 111 Å². The van der Waals surface area contributed by atoms with E-state index >= 15 is 0 Å². The Morgan fingerprint density at radius 1 is 1.53 bits per heavy atom. The lowest BCUT2D eigenvalue weighted by atomic mass is 10.2. The van der Waals surface area contributed by atoms with E-state index < -0.39 is 0 Å². The third kappa shape index (κ3) is 3.17. The van der Waals surface area contributed by atoms with Crippen LogP contribution in [0.3, 0.4) is 0 Å². The Hall–Kier alpha value is -2.21. The van der Waals surface area contributed by atoms with Crippen molar-refractivity contribution in [2.24, 2.45) is 5.73 Å². The highest BCUT2D eigenvalue weighted by molar-refractivity contribution is 6.04. The number of nitrogens with one attached hydrogen (secondary N) is 1. The summed E-state index contributed by atoms with van der Waals surface area (Å²) >= 11 is 0. The minimum Gasteiger partial charge on any atom is -0.325 e. The van der Waals surface area contributed by atoms with Crippen LogP contribution in [-0.2, 0) is 6.54 Å². The molecule has 2 aromatic heterocycles. The summed E-state index contributed by atoms with van der Waals surface area (Å²) in [6.07, 6.45) is 5.01. The van der Waals surface area contributed by atoms with Crippen LogP contribution in [0.15, 0.2) is 30.7 Å². The van der Waals surface area contributed by atoms with Gasteiger partial charge in [0.1, 0.15) is 0 Å². The molecule has 19 heavy (non-hydrogen) atoms. The largest absolute Gasteiger partial charge is 0.325 e. The molecule has 2 rings (SSSR count). The Kier molecular flexibility index (Phi) is 3.91. The lowest BCUT2D eigenvalue weighted by Crippen LogP contribution is -2.13. The van der Waals surface area contributed by atoms with Gasteiger partial charge in [0.25, 0.3) is 5.91 Å². The summed E-state index contributed by atoms with van der Waals surface area (Å²) in [7, 11) is 0. The molecule has 0 saturated carbocycles. The Balaban J connectivity index is 2.11. The SMILES string of the molecule is CC(C)n1cc(NC(=O)c2ccnc(CN)c2)cn1. The van der Waals surface area contributed by atoms with E-state index in [-0.39, 0.29) is 11.9 Å². The molecule has 6 nitrogen and oxygen atoms in total. The van der Waals surface area contributed by atoms with Gasteiger partial charge in [-0.15, -0.1) is 0 Å². The Morgan fingerprint density at radius 2 is 2.32 bits per heavy atom. The Morgan fingerprint density at radius 3 is 2.95 bits per heavy atom. The molecule has 0 spiro atoms. The van der Waals surface area contributed by atoms with Gasteiger partial charge in [0.15, 0.2) is 0 Å². The van der Waals surface area contributed by atoms with E-state index in [1.54, 1.807) is 35.4 Å². The first-order valence-corrected chi connectivity index (χ1v) is 6.10. The molecule has 0 aliphatic rings. The lowest BCUT2D eigenvalue weighted by Gasteiger charge is -2.05. The van der Waals surface area contributed by atoms with Gasteiger partial charge in [0.2, 0.25) is 0 Å². The quantitative estimate of drug-likeness (QED) is 0.872. The fraction of sp³-hybridized carbons (Fsp3) is 0.308. The topological polar surface area (TPSA) is 85.8 Å². The second kappa shape index (κ2) is 5.62. The number of carbonyl (C=O) groups excluding carboxylic acids is 1. The summed E-state index contributed by atoms with van der Waals surface area (Å²) in [4.78, 5) is 16.1. The van der Waals surface area contributed by atoms with Crippen LogP contribution in [0.5, 0.6) is 0 Å². The van der Waals surface area contributed by atoms with E-state index in [0.29, 0.717) is 23.5 Å². The third-order valence-corrected chi connectivity index (χ3v) is 2.68. The zero-order valence-electron chi connectivity index (χ0n) is 11.0. The summed E-state index contributed by atoms with van der Waals surface area (Å²) < 4.78 is 1.79. The average molecular weight is 259 g/mol. The normalized spacial score (nSPS) is 10.7. The number of rotatable bonds is 4. The zero-order valence-corrected chi connectivity index (χ0v) is 11.0. The summed E-state index contributed by atoms with van der Waals surface area (Å²) in [5.41, 5.74) is 7.39. The first-order valence-electron chi connectivity index (χ1n) is 6.10. The first-order chi connectivity index (χ1) is 9.10. The number of nitrogens with two attached hydrogens (primary N) is 1. The van der Waals surface area contributed by atoms with E-state index in [1.807, 2.05) is 13.8 Å². The standard InChI is InChI=1S/C13H17N5O/c1-9(2)18-8-12(7-16-18)17-13(19)10-3-4-15-11(5-10)6-14/h3-5,7-9H,6,14H2,1-2H3,(H,17,19). The molecule has 0 unspecified atom stereocenters. The van der Waals surface area contributed by atoms with Crippen LogP contribution >= 0.6 is 0 Å². The maximum absolute atomic E-state index is 12.0. The zero-order chi connectivity index (χ0) is 13.8.